The Morgan fingerprint density at radius 3 is 2.28 bits per heavy atom. The average molecular weight is 448 g/mol. The summed E-state index contributed by atoms with van der Waals surface area (Å²) in [6, 6.07) is 9.47. The number of hydrogen-bond donors (Lipinski definition) is 4. The Kier molecular flexibility index (Phi) is 11.8. The highest BCUT2D eigenvalue weighted by Gasteiger charge is 2.54. The van der Waals surface area contributed by atoms with E-state index in [0.29, 0.717) is 6.54 Å². The van der Waals surface area contributed by atoms with Crippen LogP contribution in [0.3, 0.4) is 0 Å². The van der Waals surface area contributed by atoms with E-state index >= 15 is 0 Å². The third-order valence-corrected chi connectivity index (χ3v) is 5.12. The minimum absolute atomic E-state index is 0.0705. The fourth-order valence-electron chi connectivity index (χ4n) is 3.69. The molecule has 0 aliphatic rings. The van der Waals surface area contributed by atoms with Crippen molar-refractivity contribution in [1.82, 2.24) is 16.3 Å². The van der Waals surface area contributed by atoms with Crippen molar-refractivity contribution in [3.05, 3.63) is 42.0 Å². The fraction of sp³-hybridized carbons (Fsp3) is 0.542. The molecule has 4 N–H and O–H groups in total. The number of Topliss-reactive ketones (excluding diaryl/α,β-unsaturated/α-hetero) is 1. The van der Waals surface area contributed by atoms with Gasteiger partial charge in [0.25, 0.3) is 0 Å². The molecular weight excluding hydrogens is 410 g/mol. The quantitative estimate of drug-likeness (QED) is 0.198. The molecule has 0 saturated carbocycles. The molecule has 1 aromatic rings. The van der Waals surface area contributed by atoms with Gasteiger partial charge in [-0.1, -0.05) is 70.2 Å². The van der Waals surface area contributed by atoms with Crippen molar-refractivity contribution >= 4 is 23.7 Å². The number of ketones is 1. The summed E-state index contributed by atoms with van der Waals surface area (Å²) >= 11 is 0. The Labute approximate surface area is 190 Å². The third kappa shape index (κ3) is 7.85. The Hall–Kier alpha value is -2.55. The number of allylic oxidation sites excluding steroid dienone is 1. The van der Waals surface area contributed by atoms with Crippen LogP contribution in [0.1, 0.15) is 46.1 Å². The first-order valence-electron chi connectivity index (χ1n) is 10.9. The number of methoxy groups -OCH3 is 1. The number of nitrogens with one attached hydrogen (secondary N) is 3. The minimum Gasteiger partial charge on any atom is -0.377 e. The van der Waals surface area contributed by atoms with E-state index in [-0.39, 0.29) is 31.3 Å². The normalized spacial score (nSPS) is 14.4. The summed E-state index contributed by atoms with van der Waals surface area (Å²) in [7, 11) is 1.36. The molecule has 1 rings (SSSR count). The molecule has 32 heavy (non-hydrogen) atoms. The Morgan fingerprint density at radius 2 is 1.75 bits per heavy atom. The van der Waals surface area contributed by atoms with E-state index in [2.05, 4.69) is 10.9 Å². The van der Waals surface area contributed by atoms with Crippen molar-refractivity contribution in [3.8, 4) is 0 Å². The Morgan fingerprint density at radius 1 is 1.09 bits per heavy atom. The van der Waals surface area contributed by atoms with Crippen molar-refractivity contribution in [3.63, 3.8) is 0 Å². The number of rotatable bonds is 14. The maximum Gasteiger partial charge on any atom is 0.248 e. The van der Waals surface area contributed by atoms with Gasteiger partial charge in [-0.25, -0.2) is 10.9 Å². The van der Waals surface area contributed by atoms with Crippen LogP contribution in [-0.2, 0) is 19.1 Å². The minimum atomic E-state index is -1.73. The van der Waals surface area contributed by atoms with Crippen LogP contribution in [0.15, 0.2) is 36.4 Å². The van der Waals surface area contributed by atoms with Crippen molar-refractivity contribution in [2.75, 3.05) is 20.3 Å². The predicted octanol–water partition coefficient (Wildman–Crippen LogP) is 2.74. The van der Waals surface area contributed by atoms with Crippen LogP contribution >= 0.6 is 0 Å². The number of carbonyl (C=O) groups excluding carboxylic acids is 3. The molecule has 0 radical (unpaired) electrons. The largest absolute Gasteiger partial charge is 0.377 e. The zero-order chi connectivity index (χ0) is 24.1. The zero-order valence-electron chi connectivity index (χ0n) is 19.7. The SMILES string of the molecule is COCC(=O)[C@](CC(C)C)(C(=O)NNCC(C)C)[C@H](CC=Cc1ccccc1)C(=O)NO. The molecule has 0 unspecified atom stereocenters. The van der Waals surface area contributed by atoms with Crippen LogP contribution in [0.2, 0.25) is 0 Å². The first-order valence-corrected chi connectivity index (χ1v) is 10.9. The second-order valence-electron chi connectivity index (χ2n) is 8.73. The van der Waals surface area contributed by atoms with Crippen LogP contribution < -0.4 is 16.3 Å². The van der Waals surface area contributed by atoms with Crippen LogP contribution in [0.5, 0.6) is 0 Å². The highest BCUT2D eigenvalue weighted by Crippen LogP contribution is 2.39. The summed E-state index contributed by atoms with van der Waals surface area (Å²) in [5.41, 5.74) is 6.30. The van der Waals surface area contributed by atoms with Crippen molar-refractivity contribution in [1.29, 1.82) is 0 Å². The molecule has 0 aliphatic heterocycles. The van der Waals surface area contributed by atoms with Gasteiger partial charge in [-0.15, -0.1) is 0 Å². The number of amides is 2. The molecule has 0 bridgehead atoms. The number of carbonyl (C=O) groups is 3. The number of hydroxylamine groups is 1. The molecule has 8 nitrogen and oxygen atoms in total. The van der Waals surface area contributed by atoms with Gasteiger partial charge in [0.1, 0.15) is 12.0 Å². The fourth-order valence-corrected chi connectivity index (χ4v) is 3.69. The summed E-state index contributed by atoms with van der Waals surface area (Å²) in [6.45, 7) is 7.86. The van der Waals surface area contributed by atoms with Gasteiger partial charge in [0.15, 0.2) is 5.78 Å². The average Bonchev–Trinajstić information content (AvgIpc) is 2.75. The number of hydrogen-bond acceptors (Lipinski definition) is 6. The molecule has 1 aromatic carbocycles. The molecule has 0 aliphatic carbocycles. The van der Waals surface area contributed by atoms with E-state index in [4.69, 9.17) is 4.74 Å². The van der Waals surface area contributed by atoms with Gasteiger partial charge in [0, 0.05) is 13.7 Å². The van der Waals surface area contributed by atoms with E-state index in [1.807, 2.05) is 64.1 Å². The third-order valence-electron chi connectivity index (χ3n) is 5.12. The highest BCUT2D eigenvalue weighted by atomic mass is 16.5. The summed E-state index contributed by atoms with van der Waals surface area (Å²) < 4.78 is 5.06. The summed E-state index contributed by atoms with van der Waals surface area (Å²) in [6.07, 6.45) is 3.73. The second-order valence-corrected chi connectivity index (χ2v) is 8.73. The monoisotopic (exact) mass is 447 g/mol. The van der Waals surface area contributed by atoms with Gasteiger partial charge in [-0.3, -0.25) is 25.0 Å². The topological polar surface area (TPSA) is 117 Å². The van der Waals surface area contributed by atoms with Crippen molar-refractivity contribution in [2.24, 2.45) is 23.2 Å². The molecule has 178 valence electrons. The lowest BCUT2D eigenvalue weighted by Gasteiger charge is -2.38. The highest BCUT2D eigenvalue weighted by molar-refractivity contribution is 6.10. The van der Waals surface area contributed by atoms with Crippen LogP contribution in [0.4, 0.5) is 0 Å². The molecule has 0 heterocycles. The summed E-state index contributed by atoms with van der Waals surface area (Å²) in [5, 5.41) is 9.45. The molecule has 2 amide bonds. The van der Waals surface area contributed by atoms with Gasteiger partial charge in [-0.2, -0.15) is 0 Å². The molecule has 0 saturated heterocycles. The lowest BCUT2D eigenvalue weighted by atomic mass is 9.65. The van der Waals surface area contributed by atoms with E-state index in [0.717, 1.165) is 5.56 Å². The Bertz CT molecular complexity index is 764. The second kappa shape index (κ2) is 13.8. The molecule has 2 atom stereocenters. The maximum atomic E-state index is 13.5. The van der Waals surface area contributed by atoms with Crippen LogP contribution in [0, 0.1) is 23.2 Å². The van der Waals surface area contributed by atoms with E-state index in [9.17, 15) is 19.6 Å². The molecule has 0 spiro atoms. The van der Waals surface area contributed by atoms with Crippen LogP contribution in [-0.4, -0.2) is 43.1 Å². The predicted molar refractivity (Wildman–Crippen MR) is 123 cm³/mol. The van der Waals surface area contributed by atoms with Gasteiger partial charge >= 0.3 is 0 Å². The van der Waals surface area contributed by atoms with E-state index in [1.165, 1.54) is 7.11 Å². The lowest BCUT2D eigenvalue weighted by molar-refractivity contribution is -0.158. The van der Waals surface area contributed by atoms with Gasteiger partial charge in [0.2, 0.25) is 11.8 Å². The molecular formula is C24H37N3O5. The lowest BCUT2D eigenvalue weighted by Crippen LogP contribution is -2.59. The Balaban J connectivity index is 3.41. The summed E-state index contributed by atoms with van der Waals surface area (Å²) in [4.78, 5) is 39.6. The van der Waals surface area contributed by atoms with Gasteiger partial charge < -0.3 is 4.74 Å². The van der Waals surface area contributed by atoms with Crippen LogP contribution in [0.25, 0.3) is 6.08 Å². The summed E-state index contributed by atoms with van der Waals surface area (Å²) in [5.74, 6) is -2.89. The number of ether oxygens (including phenoxy) is 1. The van der Waals surface area contributed by atoms with E-state index in [1.54, 1.807) is 11.6 Å². The van der Waals surface area contributed by atoms with Crippen molar-refractivity contribution in [2.45, 2.75) is 40.5 Å². The van der Waals surface area contributed by atoms with Gasteiger partial charge in [-0.05, 0) is 30.2 Å². The zero-order valence-corrected chi connectivity index (χ0v) is 19.7. The maximum absolute atomic E-state index is 13.5. The number of hydrazine groups is 1. The number of benzene rings is 1. The molecule has 0 aromatic heterocycles. The smallest absolute Gasteiger partial charge is 0.248 e. The van der Waals surface area contributed by atoms with E-state index < -0.39 is 28.9 Å². The van der Waals surface area contributed by atoms with Crippen molar-refractivity contribution < 1.29 is 24.3 Å². The first kappa shape index (κ1) is 27.5. The molecule has 0 fully saturated rings. The first-order chi connectivity index (χ1) is 15.2. The van der Waals surface area contributed by atoms with Gasteiger partial charge in [0.05, 0.1) is 5.92 Å². The molecule has 8 heteroatoms. The standard InChI is InChI=1S/C24H37N3O5/c1-17(2)14-24(21(28)16-32-5,23(30)26-25-15-18(3)4)20(22(29)27-31)13-9-12-19-10-7-6-8-11-19/h6-12,17-18,20,25,31H,13-16H2,1-5H3,(H,26,30)(H,27,29)/t20-,24-/m1/s1.